The molecule has 0 aromatic rings. The molecule has 0 heterocycles. The van der Waals surface area contributed by atoms with Gasteiger partial charge in [0.05, 0.1) is 0 Å². The zero-order chi connectivity index (χ0) is 10.5. The van der Waals surface area contributed by atoms with Crippen molar-refractivity contribution >= 4 is 0 Å². The Morgan fingerprint density at radius 3 is 2.73 bits per heavy atom. The Balaban J connectivity index is 1.90. The molecule has 0 saturated carbocycles. The molecule has 0 radical (unpaired) electrons. The van der Waals surface area contributed by atoms with Crippen molar-refractivity contribution in [1.82, 2.24) is 0 Å². The average molecular weight is 202 g/mol. The highest BCUT2D eigenvalue weighted by atomic mass is 14.2. The van der Waals surface area contributed by atoms with Gasteiger partial charge in [-0.15, -0.1) is 0 Å². The number of hydrogen-bond donors (Lipinski definition) is 0. The molecule has 1 atom stereocenters. The lowest BCUT2D eigenvalue weighted by Crippen LogP contribution is -2.04. The average Bonchev–Trinajstić information content (AvgIpc) is 2.31. The van der Waals surface area contributed by atoms with E-state index in [1.54, 1.807) is 11.1 Å². The third kappa shape index (κ3) is 3.09. The van der Waals surface area contributed by atoms with Gasteiger partial charge in [-0.05, 0) is 50.9 Å². The Labute approximate surface area is 93.8 Å². The minimum Gasteiger partial charge on any atom is -0.0851 e. The van der Waals surface area contributed by atoms with Crippen LogP contribution in [0.5, 0.6) is 0 Å². The van der Waals surface area contributed by atoms with Gasteiger partial charge in [0, 0.05) is 0 Å². The second kappa shape index (κ2) is 5.34. The van der Waals surface area contributed by atoms with E-state index in [2.05, 4.69) is 31.2 Å². The smallest absolute Gasteiger partial charge is 0.0191 e. The molecule has 0 N–H and O–H groups in total. The lowest BCUT2D eigenvalue weighted by molar-refractivity contribution is 0.584. The van der Waals surface area contributed by atoms with Gasteiger partial charge in [-0.3, -0.25) is 0 Å². The van der Waals surface area contributed by atoms with Gasteiger partial charge < -0.3 is 0 Å². The molecular formula is C15H22. The summed E-state index contributed by atoms with van der Waals surface area (Å²) in [6, 6.07) is 0. The molecule has 0 amide bonds. The topological polar surface area (TPSA) is 0 Å². The first-order chi connectivity index (χ1) is 7.36. The maximum absolute atomic E-state index is 2.49. The quantitative estimate of drug-likeness (QED) is 0.577. The van der Waals surface area contributed by atoms with Crippen LogP contribution in [0, 0.1) is 5.92 Å². The van der Waals surface area contributed by atoms with Crippen molar-refractivity contribution in [2.45, 2.75) is 51.9 Å². The summed E-state index contributed by atoms with van der Waals surface area (Å²) in [5.41, 5.74) is 3.27. The predicted octanol–water partition coefficient (Wildman–Crippen LogP) is 4.79. The van der Waals surface area contributed by atoms with Crippen LogP contribution in [0.15, 0.2) is 35.5 Å². The van der Waals surface area contributed by atoms with Gasteiger partial charge >= 0.3 is 0 Å². The molecular weight excluding hydrogens is 180 g/mol. The highest BCUT2D eigenvalue weighted by Gasteiger charge is 2.12. The molecule has 0 saturated heterocycles. The van der Waals surface area contributed by atoms with Crippen LogP contribution in [0.1, 0.15) is 51.9 Å². The molecule has 0 nitrogen and oxygen atoms in total. The van der Waals surface area contributed by atoms with Gasteiger partial charge in [-0.2, -0.15) is 0 Å². The lowest BCUT2D eigenvalue weighted by Gasteiger charge is -2.20. The molecule has 0 aromatic carbocycles. The molecule has 0 heteroatoms. The van der Waals surface area contributed by atoms with Crippen LogP contribution in [0.25, 0.3) is 0 Å². The van der Waals surface area contributed by atoms with E-state index in [1.165, 1.54) is 44.9 Å². The Kier molecular flexibility index (Phi) is 3.82. The van der Waals surface area contributed by atoms with E-state index in [9.17, 15) is 0 Å². The molecule has 15 heavy (non-hydrogen) atoms. The lowest BCUT2D eigenvalue weighted by atomic mass is 9.85. The molecule has 2 aliphatic carbocycles. The fourth-order valence-electron chi connectivity index (χ4n) is 2.61. The van der Waals surface area contributed by atoms with Crippen LogP contribution in [-0.2, 0) is 0 Å². The molecule has 0 aromatic heterocycles. The Morgan fingerprint density at radius 2 is 2.07 bits per heavy atom. The predicted molar refractivity (Wildman–Crippen MR) is 66.8 cm³/mol. The van der Waals surface area contributed by atoms with Crippen LogP contribution in [0.4, 0.5) is 0 Å². The van der Waals surface area contributed by atoms with Crippen molar-refractivity contribution in [2.24, 2.45) is 5.92 Å². The van der Waals surface area contributed by atoms with E-state index in [0.29, 0.717) is 0 Å². The molecule has 2 aliphatic rings. The Morgan fingerprint density at radius 1 is 1.13 bits per heavy atom. The largest absolute Gasteiger partial charge is 0.0851 e. The van der Waals surface area contributed by atoms with Crippen LogP contribution >= 0.6 is 0 Å². The Hall–Kier alpha value is -0.780. The summed E-state index contributed by atoms with van der Waals surface area (Å²) in [5.74, 6) is 0.763. The first-order valence-corrected chi connectivity index (χ1v) is 6.41. The van der Waals surface area contributed by atoms with Crippen molar-refractivity contribution in [3.8, 4) is 0 Å². The van der Waals surface area contributed by atoms with Gasteiger partial charge in [0.1, 0.15) is 0 Å². The van der Waals surface area contributed by atoms with Crippen molar-refractivity contribution in [1.29, 1.82) is 0 Å². The normalized spacial score (nSPS) is 23.3. The standard InChI is InChI=1S/C15H22/c1-13(15-10-6-3-7-11-15)12-14-8-4-2-5-9-14/h4,8-10,13H,2-3,5-7,11-12H2,1H3. The van der Waals surface area contributed by atoms with Crippen LogP contribution < -0.4 is 0 Å². The van der Waals surface area contributed by atoms with Crippen LogP contribution in [0.2, 0.25) is 0 Å². The zero-order valence-electron chi connectivity index (χ0n) is 9.84. The van der Waals surface area contributed by atoms with Gasteiger partial charge in [0.2, 0.25) is 0 Å². The molecule has 0 bridgehead atoms. The minimum absolute atomic E-state index is 0.763. The van der Waals surface area contributed by atoms with Crippen molar-refractivity contribution in [3.63, 3.8) is 0 Å². The SMILES string of the molecule is CC(CC1=CCCC=C1)C1=CCCCC1. The van der Waals surface area contributed by atoms with E-state index in [0.717, 1.165) is 5.92 Å². The first-order valence-electron chi connectivity index (χ1n) is 6.41. The third-order valence-electron chi connectivity index (χ3n) is 3.57. The molecule has 0 fully saturated rings. The van der Waals surface area contributed by atoms with Crippen molar-refractivity contribution in [2.75, 3.05) is 0 Å². The van der Waals surface area contributed by atoms with Crippen LogP contribution in [-0.4, -0.2) is 0 Å². The Bertz CT molecular complexity index is 291. The van der Waals surface area contributed by atoms with E-state index in [-0.39, 0.29) is 0 Å². The summed E-state index contributed by atoms with van der Waals surface area (Å²) >= 11 is 0. The molecule has 0 spiro atoms. The molecule has 82 valence electrons. The van der Waals surface area contributed by atoms with E-state index in [1.807, 2.05) is 0 Å². The fraction of sp³-hybridized carbons (Fsp3) is 0.600. The summed E-state index contributed by atoms with van der Waals surface area (Å²) in [4.78, 5) is 0. The van der Waals surface area contributed by atoms with Gasteiger partial charge in [0.15, 0.2) is 0 Å². The molecule has 2 rings (SSSR count). The van der Waals surface area contributed by atoms with Crippen LogP contribution in [0.3, 0.4) is 0 Å². The molecule has 0 aliphatic heterocycles. The summed E-state index contributed by atoms with van der Waals surface area (Å²) in [7, 11) is 0. The first kappa shape index (κ1) is 10.7. The van der Waals surface area contributed by atoms with E-state index >= 15 is 0 Å². The third-order valence-corrected chi connectivity index (χ3v) is 3.57. The molecule has 1 unspecified atom stereocenters. The monoisotopic (exact) mass is 202 g/mol. The zero-order valence-corrected chi connectivity index (χ0v) is 9.84. The fourth-order valence-corrected chi connectivity index (χ4v) is 2.61. The summed E-state index contributed by atoms with van der Waals surface area (Å²) in [6.07, 6.45) is 18.7. The number of rotatable bonds is 3. The number of allylic oxidation sites excluding steroid dienone is 6. The highest BCUT2D eigenvalue weighted by Crippen LogP contribution is 2.29. The van der Waals surface area contributed by atoms with Gasteiger partial charge in [0.25, 0.3) is 0 Å². The van der Waals surface area contributed by atoms with Gasteiger partial charge in [-0.25, -0.2) is 0 Å². The highest BCUT2D eigenvalue weighted by molar-refractivity contribution is 5.24. The number of hydrogen-bond acceptors (Lipinski definition) is 0. The van der Waals surface area contributed by atoms with Crippen molar-refractivity contribution < 1.29 is 0 Å². The minimum atomic E-state index is 0.763. The van der Waals surface area contributed by atoms with Crippen molar-refractivity contribution in [3.05, 3.63) is 35.5 Å². The summed E-state index contributed by atoms with van der Waals surface area (Å²) in [5, 5.41) is 0. The van der Waals surface area contributed by atoms with Gasteiger partial charge in [-0.1, -0.05) is 42.4 Å². The summed E-state index contributed by atoms with van der Waals surface area (Å²) in [6.45, 7) is 2.39. The maximum atomic E-state index is 2.49. The summed E-state index contributed by atoms with van der Waals surface area (Å²) < 4.78 is 0. The second-order valence-electron chi connectivity index (χ2n) is 4.89. The maximum Gasteiger partial charge on any atom is -0.0191 e. The second-order valence-corrected chi connectivity index (χ2v) is 4.89. The van der Waals surface area contributed by atoms with E-state index in [4.69, 9.17) is 0 Å². The van der Waals surface area contributed by atoms with E-state index < -0.39 is 0 Å².